The largest absolute Gasteiger partial charge is 0.281 e. The zero-order chi connectivity index (χ0) is 22.9. The van der Waals surface area contributed by atoms with Gasteiger partial charge in [0.1, 0.15) is 5.75 Å². The van der Waals surface area contributed by atoms with Crippen LogP contribution < -0.4 is 4.90 Å². The zero-order valence-electron chi connectivity index (χ0n) is 17.4. The van der Waals surface area contributed by atoms with E-state index in [-0.39, 0.29) is 11.4 Å². The van der Waals surface area contributed by atoms with Crippen molar-refractivity contribution in [2.24, 2.45) is 0 Å². The number of halogens is 1. The average molecular weight is 486 g/mol. The molecule has 0 unspecified atom stereocenters. The predicted molar refractivity (Wildman–Crippen MR) is 128 cm³/mol. The van der Waals surface area contributed by atoms with E-state index in [2.05, 4.69) is 9.97 Å². The highest BCUT2D eigenvalue weighted by atomic mass is 35.5. The minimum atomic E-state index is -3.83. The van der Waals surface area contributed by atoms with E-state index in [0.717, 1.165) is 15.8 Å². The number of fused-ring (bicyclic) bond motifs is 1. The molecule has 0 aliphatic rings. The molecule has 0 saturated heterocycles. The molecule has 0 saturated carbocycles. The van der Waals surface area contributed by atoms with E-state index in [0.29, 0.717) is 21.4 Å². The topological polar surface area (TPSA) is 80.2 Å². The normalized spacial score (nSPS) is 11.6. The van der Waals surface area contributed by atoms with Crippen LogP contribution >= 0.6 is 22.9 Å². The molecule has 0 radical (unpaired) electrons. The van der Waals surface area contributed by atoms with Gasteiger partial charge in [0.05, 0.1) is 32.4 Å². The highest BCUT2D eigenvalue weighted by Crippen LogP contribution is 2.36. The third kappa shape index (κ3) is 4.67. The Labute approximate surface area is 195 Å². The number of rotatable bonds is 6. The number of carbonyl (C=O) groups excluding carboxylic acids is 1. The number of sulfone groups is 1. The average Bonchev–Trinajstić information content (AvgIpc) is 3.22. The molecule has 0 spiro atoms. The second-order valence-electron chi connectivity index (χ2n) is 7.41. The monoisotopic (exact) mass is 485 g/mol. The molecule has 164 valence electrons. The quantitative estimate of drug-likeness (QED) is 0.385. The van der Waals surface area contributed by atoms with E-state index in [1.165, 1.54) is 28.4 Å². The summed E-state index contributed by atoms with van der Waals surface area (Å²) in [5, 5.41) is 0.915. The molecule has 4 rings (SSSR count). The molecule has 0 aliphatic carbocycles. The van der Waals surface area contributed by atoms with Crippen LogP contribution in [0.15, 0.2) is 65.7 Å². The second kappa shape index (κ2) is 8.97. The molecule has 0 N–H and O–H groups in total. The Morgan fingerprint density at radius 3 is 2.47 bits per heavy atom. The summed E-state index contributed by atoms with van der Waals surface area (Å²) in [7, 11) is -3.83. The lowest BCUT2D eigenvalue weighted by atomic mass is 10.2. The Hall–Kier alpha value is -2.81. The van der Waals surface area contributed by atoms with Crippen molar-refractivity contribution in [3.8, 4) is 0 Å². The van der Waals surface area contributed by atoms with Crippen LogP contribution in [-0.2, 0) is 21.2 Å². The summed E-state index contributed by atoms with van der Waals surface area (Å²) in [5.74, 6) is -1.25. The first-order chi connectivity index (χ1) is 15.2. The number of aromatic nitrogens is 2. The first-order valence-electron chi connectivity index (χ1n) is 9.80. The fraction of sp³-hybridized carbons (Fsp3) is 0.174. The summed E-state index contributed by atoms with van der Waals surface area (Å²) < 4.78 is 26.6. The Kier molecular flexibility index (Phi) is 6.28. The smallest absolute Gasteiger partial charge is 0.244 e. The molecule has 2 aromatic carbocycles. The Balaban J connectivity index is 1.72. The van der Waals surface area contributed by atoms with E-state index in [1.54, 1.807) is 36.5 Å². The molecule has 0 atom stereocenters. The number of anilines is 1. The maximum atomic E-state index is 13.3. The van der Waals surface area contributed by atoms with Gasteiger partial charge in [-0.15, -0.1) is 0 Å². The van der Waals surface area contributed by atoms with Gasteiger partial charge in [-0.25, -0.2) is 13.4 Å². The minimum absolute atomic E-state index is 0.0968. The van der Waals surface area contributed by atoms with Gasteiger partial charge in [0.2, 0.25) is 5.91 Å². The number of amides is 1. The van der Waals surface area contributed by atoms with Gasteiger partial charge in [-0.2, -0.15) is 0 Å². The van der Waals surface area contributed by atoms with Crippen molar-refractivity contribution >= 4 is 54.0 Å². The van der Waals surface area contributed by atoms with Crippen LogP contribution in [0.4, 0.5) is 5.13 Å². The molecule has 9 heteroatoms. The van der Waals surface area contributed by atoms with E-state index in [9.17, 15) is 13.2 Å². The van der Waals surface area contributed by atoms with Gasteiger partial charge >= 0.3 is 0 Å². The van der Waals surface area contributed by atoms with Gasteiger partial charge in [-0.1, -0.05) is 52.8 Å². The zero-order valence-corrected chi connectivity index (χ0v) is 19.8. The third-order valence-electron chi connectivity index (χ3n) is 4.96. The minimum Gasteiger partial charge on any atom is -0.281 e. The molecule has 6 nitrogen and oxygen atoms in total. The molecule has 32 heavy (non-hydrogen) atoms. The van der Waals surface area contributed by atoms with Crippen LogP contribution in [-0.4, -0.2) is 30.0 Å². The van der Waals surface area contributed by atoms with Crippen molar-refractivity contribution in [1.82, 2.24) is 9.97 Å². The van der Waals surface area contributed by atoms with Crippen molar-refractivity contribution in [3.05, 3.63) is 82.6 Å². The van der Waals surface area contributed by atoms with Crippen molar-refractivity contribution in [2.45, 2.75) is 25.3 Å². The van der Waals surface area contributed by atoms with Crippen LogP contribution in [0.3, 0.4) is 0 Å². The fourth-order valence-electron chi connectivity index (χ4n) is 3.19. The highest BCUT2D eigenvalue weighted by molar-refractivity contribution is 7.92. The number of pyridine rings is 1. The van der Waals surface area contributed by atoms with Crippen LogP contribution in [0.2, 0.25) is 5.02 Å². The fourth-order valence-corrected chi connectivity index (χ4v) is 5.72. The maximum absolute atomic E-state index is 13.3. The van der Waals surface area contributed by atoms with Crippen molar-refractivity contribution < 1.29 is 13.2 Å². The van der Waals surface area contributed by atoms with Gasteiger partial charge in [-0.3, -0.25) is 14.7 Å². The van der Waals surface area contributed by atoms with E-state index in [4.69, 9.17) is 11.6 Å². The molecule has 2 heterocycles. The molecular weight excluding hydrogens is 466 g/mol. The van der Waals surface area contributed by atoms with E-state index >= 15 is 0 Å². The number of hydrogen-bond donors (Lipinski definition) is 0. The molecule has 0 fully saturated rings. The number of thiazole rings is 1. The van der Waals surface area contributed by atoms with Crippen LogP contribution in [0, 0.1) is 13.8 Å². The Morgan fingerprint density at radius 2 is 1.81 bits per heavy atom. The molecule has 0 bridgehead atoms. The Morgan fingerprint density at radius 1 is 1.06 bits per heavy atom. The number of benzene rings is 2. The first kappa shape index (κ1) is 22.4. The lowest BCUT2D eigenvalue weighted by Crippen LogP contribution is -2.35. The number of nitrogens with zero attached hydrogens (tertiary/aromatic N) is 3. The van der Waals surface area contributed by atoms with Gasteiger partial charge in [0, 0.05) is 6.20 Å². The van der Waals surface area contributed by atoms with Gasteiger partial charge in [-0.05, 0) is 49.7 Å². The number of hydrogen-bond acceptors (Lipinski definition) is 6. The predicted octanol–water partition coefficient (Wildman–Crippen LogP) is 4.97. The Bertz CT molecular complexity index is 1350. The van der Waals surface area contributed by atoms with Gasteiger partial charge in [0.15, 0.2) is 15.0 Å². The standard InChI is InChI=1S/C23H20ClN3O3S2/c1-15-6-9-18(10-7-15)32(29,30)14-20(28)27(13-17-5-3-4-12-25-17)23-26-21-16(2)8-11-19(24)22(21)31-23/h3-12H,13-14H2,1-2H3. The van der Waals surface area contributed by atoms with Crippen LogP contribution in [0.1, 0.15) is 16.8 Å². The summed E-state index contributed by atoms with van der Waals surface area (Å²) in [6.45, 7) is 3.88. The van der Waals surface area contributed by atoms with Crippen molar-refractivity contribution in [3.63, 3.8) is 0 Å². The molecule has 0 aliphatic heterocycles. The maximum Gasteiger partial charge on any atom is 0.244 e. The third-order valence-corrected chi connectivity index (χ3v) is 8.11. The lowest BCUT2D eigenvalue weighted by molar-refractivity contribution is -0.116. The summed E-state index contributed by atoms with van der Waals surface area (Å²) >= 11 is 7.60. The van der Waals surface area contributed by atoms with Gasteiger partial charge < -0.3 is 0 Å². The number of aryl methyl sites for hydroxylation is 2. The summed E-state index contributed by atoms with van der Waals surface area (Å²) in [5.41, 5.74) is 3.17. The summed E-state index contributed by atoms with van der Waals surface area (Å²) in [6, 6.07) is 15.5. The summed E-state index contributed by atoms with van der Waals surface area (Å²) in [6.07, 6.45) is 1.63. The molecular formula is C23H20ClN3O3S2. The van der Waals surface area contributed by atoms with Crippen molar-refractivity contribution in [2.75, 3.05) is 10.7 Å². The first-order valence-corrected chi connectivity index (χ1v) is 12.6. The van der Waals surface area contributed by atoms with E-state index in [1.807, 2.05) is 26.0 Å². The highest BCUT2D eigenvalue weighted by Gasteiger charge is 2.27. The lowest BCUT2D eigenvalue weighted by Gasteiger charge is -2.19. The van der Waals surface area contributed by atoms with E-state index < -0.39 is 21.5 Å². The number of carbonyl (C=O) groups is 1. The molecule has 2 aromatic heterocycles. The molecule has 1 amide bonds. The van der Waals surface area contributed by atoms with Crippen molar-refractivity contribution in [1.29, 1.82) is 0 Å². The van der Waals surface area contributed by atoms with Crippen LogP contribution in [0.25, 0.3) is 10.2 Å². The SMILES string of the molecule is Cc1ccc(S(=O)(=O)CC(=O)N(Cc2ccccn2)c2nc3c(C)ccc(Cl)c3s2)cc1. The van der Waals surface area contributed by atoms with Gasteiger partial charge in [0.25, 0.3) is 0 Å². The second-order valence-corrected chi connectivity index (χ2v) is 10.8. The molecule has 4 aromatic rings. The van der Waals surface area contributed by atoms with Crippen LogP contribution in [0.5, 0.6) is 0 Å². The summed E-state index contributed by atoms with van der Waals surface area (Å²) in [4.78, 5) is 23.7.